The van der Waals surface area contributed by atoms with Gasteiger partial charge in [0.05, 0.1) is 23.6 Å². The number of rotatable bonds is 4. The van der Waals surface area contributed by atoms with Crippen LogP contribution in [0, 0.1) is 13.8 Å². The Morgan fingerprint density at radius 2 is 1.82 bits per heavy atom. The fraction of sp³-hybridized carbons (Fsp3) is 0.185. The van der Waals surface area contributed by atoms with E-state index in [9.17, 15) is 9.59 Å². The quantitative estimate of drug-likeness (QED) is 0.326. The van der Waals surface area contributed by atoms with Gasteiger partial charge in [-0.3, -0.25) is 14.5 Å². The lowest BCUT2D eigenvalue weighted by atomic mass is 9.97. The number of benzene rings is 3. The molecule has 5 rings (SSSR count). The van der Waals surface area contributed by atoms with E-state index < -0.39 is 6.04 Å². The Labute approximate surface area is 199 Å². The van der Waals surface area contributed by atoms with Crippen LogP contribution < -0.4 is 15.1 Å². The van der Waals surface area contributed by atoms with Crippen molar-refractivity contribution in [2.24, 2.45) is 0 Å². The number of fused-ring (bicyclic) bond motifs is 2. The maximum atomic E-state index is 13.7. The highest BCUT2D eigenvalue weighted by Gasteiger charge is 2.43. The summed E-state index contributed by atoms with van der Waals surface area (Å²) in [4.78, 5) is 29.1. The fourth-order valence-electron chi connectivity index (χ4n) is 4.34. The molecule has 0 saturated heterocycles. The van der Waals surface area contributed by atoms with Crippen LogP contribution in [-0.2, 0) is 0 Å². The second kappa shape index (κ2) is 8.19. The van der Waals surface area contributed by atoms with Crippen LogP contribution in [0.25, 0.3) is 11.0 Å². The molecule has 5 nitrogen and oxygen atoms in total. The molecule has 1 amide bonds. The van der Waals surface area contributed by atoms with E-state index in [0.717, 1.165) is 21.2 Å². The van der Waals surface area contributed by atoms with E-state index in [-0.39, 0.29) is 17.1 Å². The van der Waals surface area contributed by atoms with Crippen molar-refractivity contribution in [2.45, 2.75) is 26.8 Å². The predicted molar refractivity (Wildman–Crippen MR) is 132 cm³/mol. The minimum Gasteiger partial charge on any atom is -0.494 e. The van der Waals surface area contributed by atoms with E-state index in [2.05, 4.69) is 15.9 Å². The summed E-state index contributed by atoms with van der Waals surface area (Å²) in [7, 11) is 0. The predicted octanol–water partition coefficient (Wildman–Crippen LogP) is 6.32. The Balaban J connectivity index is 1.80. The summed E-state index contributed by atoms with van der Waals surface area (Å²) in [5, 5.41) is 0.434. The summed E-state index contributed by atoms with van der Waals surface area (Å²) in [6, 6.07) is 18.0. The molecule has 0 bridgehead atoms. The van der Waals surface area contributed by atoms with Gasteiger partial charge in [0, 0.05) is 10.2 Å². The lowest BCUT2D eigenvalue weighted by Gasteiger charge is -2.26. The van der Waals surface area contributed by atoms with Gasteiger partial charge in [0.1, 0.15) is 11.3 Å². The van der Waals surface area contributed by atoms with Crippen molar-refractivity contribution in [3.8, 4) is 5.75 Å². The van der Waals surface area contributed by atoms with Crippen LogP contribution in [0.2, 0.25) is 0 Å². The zero-order chi connectivity index (χ0) is 23.3. The van der Waals surface area contributed by atoms with Gasteiger partial charge in [0.25, 0.3) is 5.91 Å². The summed E-state index contributed by atoms with van der Waals surface area (Å²) in [5.74, 6) is 0.436. The monoisotopic (exact) mass is 503 g/mol. The highest BCUT2D eigenvalue weighted by atomic mass is 79.9. The number of aryl methyl sites for hydroxylation is 2. The van der Waals surface area contributed by atoms with E-state index in [0.29, 0.717) is 34.6 Å². The highest BCUT2D eigenvalue weighted by Crippen LogP contribution is 2.42. The Hall–Kier alpha value is -3.38. The molecule has 166 valence electrons. The third-order valence-electron chi connectivity index (χ3n) is 6.09. The van der Waals surface area contributed by atoms with Crippen molar-refractivity contribution in [1.29, 1.82) is 0 Å². The summed E-state index contributed by atoms with van der Waals surface area (Å²) in [6.07, 6.45) is 0. The molecule has 0 aliphatic carbocycles. The second-order valence-electron chi connectivity index (χ2n) is 8.17. The van der Waals surface area contributed by atoms with E-state index in [1.54, 1.807) is 23.1 Å². The molecule has 1 aliphatic rings. The normalized spacial score (nSPS) is 15.2. The van der Waals surface area contributed by atoms with Crippen LogP contribution in [0.15, 0.2) is 74.3 Å². The van der Waals surface area contributed by atoms with Gasteiger partial charge in [0.15, 0.2) is 5.43 Å². The number of amides is 1. The maximum absolute atomic E-state index is 13.7. The summed E-state index contributed by atoms with van der Waals surface area (Å²) >= 11 is 3.43. The van der Waals surface area contributed by atoms with Crippen LogP contribution in [0.4, 0.5) is 5.69 Å². The van der Waals surface area contributed by atoms with Gasteiger partial charge in [-0.2, -0.15) is 0 Å². The zero-order valence-electron chi connectivity index (χ0n) is 18.5. The van der Waals surface area contributed by atoms with Crippen molar-refractivity contribution in [1.82, 2.24) is 0 Å². The van der Waals surface area contributed by atoms with Crippen LogP contribution in [0.5, 0.6) is 5.75 Å². The van der Waals surface area contributed by atoms with Gasteiger partial charge in [0.2, 0.25) is 5.76 Å². The second-order valence-corrected chi connectivity index (χ2v) is 9.08. The molecule has 1 aromatic heterocycles. The molecule has 1 atom stereocenters. The van der Waals surface area contributed by atoms with Gasteiger partial charge in [-0.25, -0.2) is 0 Å². The molecule has 0 spiro atoms. The van der Waals surface area contributed by atoms with E-state index in [4.69, 9.17) is 9.15 Å². The highest BCUT2D eigenvalue weighted by molar-refractivity contribution is 9.10. The molecule has 0 saturated carbocycles. The Kier molecular flexibility index (Phi) is 5.33. The first-order valence-corrected chi connectivity index (χ1v) is 11.6. The summed E-state index contributed by atoms with van der Waals surface area (Å²) < 4.78 is 12.5. The van der Waals surface area contributed by atoms with Gasteiger partial charge >= 0.3 is 0 Å². The lowest BCUT2D eigenvalue weighted by molar-refractivity contribution is 0.0971. The molecule has 1 aliphatic heterocycles. The van der Waals surface area contributed by atoms with Crippen LogP contribution in [0.3, 0.4) is 0 Å². The maximum Gasteiger partial charge on any atom is 0.295 e. The largest absolute Gasteiger partial charge is 0.494 e. The molecule has 4 aromatic rings. The van der Waals surface area contributed by atoms with Crippen LogP contribution in [0.1, 0.15) is 45.8 Å². The van der Waals surface area contributed by atoms with Crippen LogP contribution >= 0.6 is 15.9 Å². The first-order valence-electron chi connectivity index (χ1n) is 10.8. The fourth-order valence-corrected chi connectivity index (χ4v) is 4.70. The standard InChI is InChI=1S/C27H22BrNO4/c1-4-32-20-7-5-6-17(13-20)24-23-25(30)21-14-18(28)9-11-22(21)33-26(23)27(31)29(24)19-10-8-15(2)16(3)12-19/h5-14,24H,4H2,1-3H3. The summed E-state index contributed by atoms with van der Waals surface area (Å²) in [5.41, 5.74) is 4.21. The molecule has 0 fully saturated rings. The molecule has 0 radical (unpaired) electrons. The number of halogens is 1. The third-order valence-corrected chi connectivity index (χ3v) is 6.58. The first kappa shape index (κ1) is 21.5. The molecule has 3 aromatic carbocycles. The molecule has 6 heteroatoms. The van der Waals surface area contributed by atoms with Crippen molar-refractivity contribution >= 4 is 38.5 Å². The molecule has 1 unspecified atom stereocenters. The van der Waals surface area contributed by atoms with Gasteiger partial charge in [-0.1, -0.05) is 34.1 Å². The SMILES string of the molecule is CCOc1cccc(C2c3c(oc4ccc(Br)cc4c3=O)C(=O)N2c2ccc(C)c(C)c2)c1. The summed E-state index contributed by atoms with van der Waals surface area (Å²) in [6.45, 7) is 6.47. The lowest BCUT2D eigenvalue weighted by Crippen LogP contribution is -2.29. The van der Waals surface area contributed by atoms with E-state index >= 15 is 0 Å². The number of ether oxygens (including phenoxy) is 1. The Bertz CT molecular complexity index is 1470. The number of nitrogens with zero attached hydrogens (tertiary/aromatic N) is 1. The smallest absolute Gasteiger partial charge is 0.295 e. The average Bonchev–Trinajstić information content (AvgIpc) is 3.09. The number of anilines is 1. The average molecular weight is 504 g/mol. The Morgan fingerprint density at radius 3 is 2.58 bits per heavy atom. The number of hydrogen-bond acceptors (Lipinski definition) is 4. The minimum atomic E-state index is -0.630. The molecule has 33 heavy (non-hydrogen) atoms. The van der Waals surface area contributed by atoms with Gasteiger partial charge in [-0.05, 0) is 79.9 Å². The zero-order valence-corrected chi connectivity index (χ0v) is 20.1. The van der Waals surface area contributed by atoms with Gasteiger partial charge < -0.3 is 9.15 Å². The number of hydrogen-bond donors (Lipinski definition) is 0. The molecule has 0 N–H and O–H groups in total. The van der Waals surface area contributed by atoms with E-state index in [1.807, 2.05) is 63.2 Å². The van der Waals surface area contributed by atoms with Crippen molar-refractivity contribution in [3.63, 3.8) is 0 Å². The number of carbonyl (C=O) groups is 1. The van der Waals surface area contributed by atoms with Crippen molar-refractivity contribution < 1.29 is 13.9 Å². The molecular formula is C27H22BrNO4. The van der Waals surface area contributed by atoms with E-state index in [1.165, 1.54) is 0 Å². The molecule has 2 heterocycles. The van der Waals surface area contributed by atoms with Crippen molar-refractivity contribution in [2.75, 3.05) is 11.5 Å². The van der Waals surface area contributed by atoms with Crippen LogP contribution in [-0.4, -0.2) is 12.5 Å². The molecular weight excluding hydrogens is 482 g/mol. The Morgan fingerprint density at radius 1 is 1.00 bits per heavy atom. The van der Waals surface area contributed by atoms with Crippen molar-refractivity contribution in [3.05, 3.63) is 103 Å². The van der Waals surface area contributed by atoms with Gasteiger partial charge in [-0.15, -0.1) is 0 Å². The number of carbonyl (C=O) groups excluding carboxylic acids is 1. The first-order chi connectivity index (χ1) is 15.9. The topological polar surface area (TPSA) is 59.8 Å². The minimum absolute atomic E-state index is 0.0832. The third kappa shape index (κ3) is 3.55.